The molecule has 0 aliphatic rings. The molecule has 4 heteroatoms. The van der Waals surface area contributed by atoms with Gasteiger partial charge in [0.1, 0.15) is 0 Å². The topological polar surface area (TPSA) is 58.2 Å². The zero-order valence-electron chi connectivity index (χ0n) is 15.3. The molecule has 0 heterocycles. The molecule has 0 aliphatic carbocycles. The van der Waals surface area contributed by atoms with E-state index in [-0.39, 0.29) is 17.9 Å². The molecule has 25 heavy (non-hydrogen) atoms. The Bertz CT molecular complexity index is 736. The quantitative estimate of drug-likeness (QED) is 0.809. The molecular weight excluding hydrogens is 312 g/mol. The van der Waals surface area contributed by atoms with Gasteiger partial charge in [0.25, 0.3) is 11.8 Å². The van der Waals surface area contributed by atoms with E-state index in [0.29, 0.717) is 17.0 Å². The fraction of sp³-hybridized carbons (Fsp3) is 0.333. The first kappa shape index (κ1) is 18.7. The summed E-state index contributed by atoms with van der Waals surface area (Å²) in [6.07, 6.45) is 0.859. The van der Waals surface area contributed by atoms with Gasteiger partial charge in [0.15, 0.2) is 0 Å². The largest absolute Gasteiger partial charge is 0.350 e. The van der Waals surface area contributed by atoms with Crippen LogP contribution in [0.2, 0.25) is 0 Å². The predicted molar refractivity (Wildman–Crippen MR) is 102 cm³/mol. The van der Waals surface area contributed by atoms with Crippen LogP contribution in [0, 0.1) is 0 Å². The number of rotatable bonds is 6. The highest BCUT2D eigenvalue weighted by Gasteiger charge is 2.12. The minimum Gasteiger partial charge on any atom is -0.350 e. The van der Waals surface area contributed by atoms with Gasteiger partial charge < -0.3 is 10.6 Å². The minimum absolute atomic E-state index is 0.101. The smallest absolute Gasteiger partial charge is 0.255 e. The van der Waals surface area contributed by atoms with Crippen molar-refractivity contribution in [3.63, 3.8) is 0 Å². The van der Waals surface area contributed by atoms with Crippen molar-refractivity contribution >= 4 is 17.5 Å². The molecule has 0 saturated heterocycles. The maximum absolute atomic E-state index is 12.4. The molecule has 0 aromatic heterocycles. The van der Waals surface area contributed by atoms with Crippen LogP contribution in [0.25, 0.3) is 0 Å². The molecule has 0 fully saturated rings. The van der Waals surface area contributed by atoms with Gasteiger partial charge in [-0.2, -0.15) is 0 Å². The highest BCUT2D eigenvalue weighted by atomic mass is 16.2. The van der Waals surface area contributed by atoms with Crippen LogP contribution in [0.3, 0.4) is 0 Å². The summed E-state index contributed by atoms with van der Waals surface area (Å²) in [5.74, 6) is 0.0613. The maximum Gasteiger partial charge on any atom is 0.255 e. The van der Waals surface area contributed by atoms with Crippen LogP contribution >= 0.6 is 0 Å². The van der Waals surface area contributed by atoms with Crippen molar-refractivity contribution in [2.75, 3.05) is 5.32 Å². The van der Waals surface area contributed by atoms with E-state index >= 15 is 0 Å². The van der Waals surface area contributed by atoms with Crippen LogP contribution < -0.4 is 10.6 Å². The molecule has 0 saturated carbocycles. The van der Waals surface area contributed by atoms with Crippen molar-refractivity contribution in [3.05, 3.63) is 65.2 Å². The molecule has 1 atom stereocenters. The molecule has 0 spiro atoms. The van der Waals surface area contributed by atoms with Crippen molar-refractivity contribution in [1.29, 1.82) is 0 Å². The average Bonchev–Trinajstić information content (AvgIpc) is 2.62. The third-order valence-corrected chi connectivity index (χ3v) is 4.21. The fourth-order valence-electron chi connectivity index (χ4n) is 2.37. The SMILES string of the molecule is CCC(C)NC(=O)c1cccc(C(=O)Nc2ccc(C(C)C)cc2)c1. The second-order valence-electron chi connectivity index (χ2n) is 6.59. The summed E-state index contributed by atoms with van der Waals surface area (Å²) >= 11 is 0. The van der Waals surface area contributed by atoms with E-state index in [1.807, 2.05) is 38.1 Å². The number of nitrogens with one attached hydrogen (secondary N) is 2. The van der Waals surface area contributed by atoms with Crippen LogP contribution in [-0.4, -0.2) is 17.9 Å². The van der Waals surface area contributed by atoms with Crippen LogP contribution in [-0.2, 0) is 0 Å². The van der Waals surface area contributed by atoms with Crippen molar-refractivity contribution < 1.29 is 9.59 Å². The third-order valence-electron chi connectivity index (χ3n) is 4.21. The normalized spacial score (nSPS) is 11.9. The predicted octanol–water partition coefficient (Wildman–Crippen LogP) is 4.59. The van der Waals surface area contributed by atoms with Gasteiger partial charge in [-0.1, -0.05) is 39.0 Å². The lowest BCUT2D eigenvalue weighted by Gasteiger charge is -2.12. The number of amides is 2. The van der Waals surface area contributed by atoms with E-state index in [9.17, 15) is 9.59 Å². The number of benzene rings is 2. The Labute approximate surface area is 149 Å². The summed E-state index contributed by atoms with van der Waals surface area (Å²) in [6.45, 7) is 8.22. The standard InChI is InChI=1S/C21H26N2O2/c1-5-15(4)22-20(24)17-7-6-8-18(13-17)21(25)23-19-11-9-16(10-12-19)14(2)3/h6-15H,5H2,1-4H3,(H,22,24)(H,23,25). The van der Waals surface area contributed by atoms with E-state index in [1.54, 1.807) is 24.3 Å². The third kappa shape index (κ3) is 5.18. The number of hydrogen-bond acceptors (Lipinski definition) is 2. The maximum atomic E-state index is 12.4. The first-order chi connectivity index (χ1) is 11.9. The van der Waals surface area contributed by atoms with Gasteiger partial charge in [-0.25, -0.2) is 0 Å². The number of anilines is 1. The molecule has 0 bridgehead atoms. The Balaban J connectivity index is 2.09. The molecule has 4 nitrogen and oxygen atoms in total. The highest BCUT2D eigenvalue weighted by molar-refractivity contribution is 6.06. The molecule has 2 aromatic carbocycles. The average molecular weight is 338 g/mol. The number of carbonyl (C=O) groups excluding carboxylic acids is 2. The van der Waals surface area contributed by atoms with Crippen LogP contribution in [0.5, 0.6) is 0 Å². The van der Waals surface area contributed by atoms with Gasteiger partial charge in [0.05, 0.1) is 0 Å². The minimum atomic E-state index is -0.226. The summed E-state index contributed by atoms with van der Waals surface area (Å²) < 4.78 is 0. The first-order valence-corrected chi connectivity index (χ1v) is 8.73. The van der Waals surface area contributed by atoms with E-state index < -0.39 is 0 Å². The van der Waals surface area contributed by atoms with Gasteiger partial charge >= 0.3 is 0 Å². The van der Waals surface area contributed by atoms with Crippen molar-refractivity contribution in [2.45, 2.75) is 46.1 Å². The van der Waals surface area contributed by atoms with E-state index in [1.165, 1.54) is 5.56 Å². The van der Waals surface area contributed by atoms with Crippen molar-refractivity contribution in [2.24, 2.45) is 0 Å². The summed E-state index contributed by atoms with van der Waals surface area (Å²) in [4.78, 5) is 24.6. The van der Waals surface area contributed by atoms with Crippen molar-refractivity contribution in [1.82, 2.24) is 5.32 Å². The Morgan fingerprint density at radius 1 is 0.920 bits per heavy atom. The monoisotopic (exact) mass is 338 g/mol. The summed E-state index contributed by atoms with van der Waals surface area (Å²) in [7, 11) is 0. The Morgan fingerprint density at radius 2 is 1.52 bits per heavy atom. The van der Waals surface area contributed by atoms with Crippen LogP contribution in [0.4, 0.5) is 5.69 Å². The fourth-order valence-corrected chi connectivity index (χ4v) is 2.37. The molecule has 1 unspecified atom stereocenters. The molecule has 2 N–H and O–H groups in total. The second-order valence-corrected chi connectivity index (χ2v) is 6.59. The number of hydrogen-bond donors (Lipinski definition) is 2. The van der Waals surface area contributed by atoms with Gasteiger partial charge in [-0.3, -0.25) is 9.59 Å². The summed E-state index contributed by atoms with van der Waals surface area (Å²) in [6, 6.07) is 14.7. The molecule has 2 rings (SSSR count). The van der Waals surface area contributed by atoms with E-state index in [0.717, 1.165) is 12.1 Å². The summed E-state index contributed by atoms with van der Waals surface area (Å²) in [5, 5.41) is 5.78. The lowest BCUT2D eigenvalue weighted by atomic mass is 10.0. The molecule has 0 aliphatic heterocycles. The van der Waals surface area contributed by atoms with Gasteiger partial charge in [-0.05, 0) is 55.2 Å². The molecule has 2 aromatic rings. The van der Waals surface area contributed by atoms with E-state index in [2.05, 4.69) is 24.5 Å². The lowest BCUT2D eigenvalue weighted by Crippen LogP contribution is -2.32. The first-order valence-electron chi connectivity index (χ1n) is 8.73. The molecule has 132 valence electrons. The van der Waals surface area contributed by atoms with Crippen LogP contribution in [0.15, 0.2) is 48.5 Å². The highest BCUT2D eigenvalue weighted by Crippen LogP contribution is 2.18. The zero-order valence-corrected chi connectivity index (χ0v) is 15.3. The van der Waals surface area contributed by atoms with Gasteiger partial charge in [0, 0.05) is 22.9 Å². The zero-order chi connectivity index (χ0) is 18.4. The van der Waals surface area contributed by atoms with Gasteiger partial charge in [0.2, 0.25) is 0 Å². The Hall–Kier alpha value is -2.62. The van der Waals surface area contributed by atoms with Crippen molar-refractivity contribution in [3.8, 4) is 0 Å². The van der Waals surface area contributed by atoms with E-state index in [4.69, 9.17) is 0 Å². The Kier molecular flexibility index (Phi) is 6.34. The summed E-state index contributed by atoms with van der Waals surface area (Å²) in [5.41, 5.74) is 2.92. The van der Waals surface area contributed by atoms with Crippen LogP contribution in [0.1, 0.15) is 66.3 Å². The lowest BCUT2D eigenvalue weighted by molar-refractivity contribution is 0.0939. The van der Waals surface area contributed by atoms with Gasteiger partial charge in [-0.15, -0.1) is 0 Å². The molecular formula is C21H26N2O2. The second kappa shape index (κ2) is 8.47. The molecule has 2 amide bonds. The molecule has 0 radical (unpaired) electrons. The number of carbonyl (C=O) groups is 2. The Morgan fingerprint density at radius 3 is 2.08 bits per heavy atom.